The second-order valence-electron chi connectivity index (χ2n) is 7.14. The van der Waals surface area contributed by atoms with Gasteiger partial charge >= 0.3 is 6.03 Å². The van der Waals surface area contributed by atoms with Gasteiger partial charge in [-0.2, -0.15) is 0 Å². The number of nitrogens with one attached hydrogen (secondary N) is 3. The van der Waals surface area contributed by atoms with E-state index < -0.39 is 0 Å². The van der Waals surface area contributed by atoms with Crippen LogP contribution in [-0.2, 0) is 6.54 Å². The summed E-state index contributed by atoms with van der Waals surface area (Å²) < 4.78 is 0. The van der Waals surface area contributed by atoms with Crippen molar-refractivity contribution in [2.45, 2.75) is 32.4 Å². The van der Waals surface area contributed by atoms with Gasteiger partial charge in [-0.1, -0.05) is 6.07 Å². The lowest BCUT2D eigenvalue weighted by Gasteiger charge is -2.33. The number of carbonyl (C=O) groups is 2. The highest BCUT2D eigenvalue weighted by Gasteiger charge is 2.21. The summed E-state index contributed by atoms with van der Waals surface area (Å²) in [5, 5.41) is 8.57. The molecule has 1 saturated heterocycles. The Labute approximate surface area is 165 Å². The summed E-state index contributed by atoms with van der Waals surface area (Å²) in [7, 11) is 1.60. The summed E-state index contributed by atoms with van der Waals surface area (Å²) in [5.74, 6) is -0.144. The number of nitrogens with zero attached hydrogens (tertiary/aromatic N) is 2. The van der Waals surface area contributed by atoms with Crippen molar-refractivity contribution in [2.75, 3.05) is 25.5 Å². The lowest BCUT2D eigenvalue weighted by Crippen LogP contribution is -2.48. The predicted octanol–water partition coefficient (Wildman–Crippen LogP) is 2.54. The Hall–Kier alpha value is -2.93. The van der Waals surface area contributed by atoms with Gasteiger partial charge in [0.15, 0.2) is 0 Å². The van der Waals surface area contributed by atoms with Crippen molar-refractivity contribution in [3.8, 4) is 0 Å². The number of hydrogen-bond donors (Lipinski definition) is 3. The molecule has 1 aromatic carbocycles. The van der Waals surface area contributed by atoms with E-state index in [-0.39, 0.29) is 18.0 Å². The first kappa shape index (κ1) is 19.8. The van der Waals surface area contributed by atoms with Crippen LogP contribution in [0.25, 0.3) is 0 Å². The fraction of sp³-hybridized carbons (Fsp3) is 0.381. The maximum atomic E-state index is 12.4. The molecular formula is C21H27N5O2. The zero-order valence-electron chi connectivity index (χ0n) is 16.4. The van der Waals surface area contributed by atoms with Crippen molar-refractivity contribution < 1.29 is 9.59 Å². The SMILES string of the molecule is CNC(=O)c1ccc(NC(=O)N[C@@H]2CCCN(Cc3cccnc3)C2)c(C)c1. The number of anilines is 1. The second kappa shape index (κ2) is 9.32. The molecule has 7 heteroatoms. The summed E-state index contributed by atoms with van der Waals surface area (Å²) in [6.07, 6.45) is 5.67. The van der Waals surface area contributed by atoms with Gasteiger partial charge in [0.2, 0.25) is 0 Å². The largest absolute Gasteiger partial charge is 0.355 e. The van der Waals surface area contributed by atoms with Crippen LogP contribution in [-0.4, -0.2) is 48.0 Å². The number of urea groups is 1. The van der Waals surface area contributed by atoms with E-state index in [2.05, 4.69) is 31.9 Å². The lowest BCUT2D eigenvalue weighted by molar-refractivity contribution is 0.0963. The average Bonchev–Trinajstić information content (AvgIpc) is 2.70. The Morgan fingerprint density at radius 1 is 1.29 bits per heavy atom. The summed E-state index contributed by atoms with van der Waals surface area (Å²) >= 11 is 0. The number of piperidine rings is 1. The number of likely N-dealkylation sites (tertiary alicyclic amines) is 1. The first-order valence-corrected chi connectivity index (χ1v) is 9.56. The molecule has 1 aliphatic rings. The van der Waals surface area contributed by atoms with Crippen LogP contribution in [0.5, 0.6) is 0 Å². The van der Waals surface area contributed by atoms with Crippen LogP contribution in [0.1, 0.15) is 34.3 Å². The molecule has 7 nitrogen and oxygen atoms in total. The smallest absolute Gasteiger partial charge is 0.319 e. The molecule has 1 fully saturated rings. The molecule has 0 radical (unpaired) electrons. The van der Waals surface area contributed by atoms with E-state index in [0.717, 1.165) is 38.0 Å². The minimum Gasteiger partial charge on any atom is -0.355 e. The maximum absolute atomic E-state index is 12.4. The zero-order chi connectivity index (χ0) is 19.9. The highest BCUT2D eigenvalue weighted by molar-refractivity contribution is 5.96. The number of carbonyl (C=O) groups excluding carboxylic acids is 2. The van der Waals surface area contributed by atoms with E-state index in [1.807, 2.05) is 19.2 Å². The summed E-state index contributed by atoms with van der Waals surface area (Å²) in [6.45, 7) is 4.55. The molecule has 0 bridgehead atoms. The van der Waals surface area contributed by atoms with Crippen LogP contribution in [0.15, 0.2) is 42.7 Å². The third-order valence-electron chi connectivity index (χ3n) is 4.93. The lowest BCUT2D eigenvalue weighted by atomic mass is 10.1. The number of amides is 3. The van der Waals surface area contributed by atoms with Gasteiger partial charge in [0, 0.05) is 49.8 Å². The van der Waals surface area contributed by atoms with Crippen molar-refractivity contribution in [3.63, 3.8) is 0 Å². The number of aryl methyl sites for hydroxylation is 1. The summed E-state index contributed by atoms with van der Waals surface area (Å²) in [5.41, 5.74) is 3.30. The molecule has 2 aromatic rings. The molecule has 3 N–H and O–H groups in total. The van der Waals surface area contributed by atoms with E-state index in [1.165, 1.54) is 5.56 Å². The monoisotopic (exact) mass is 381 g/mol. The first-order chi connectivity index (χ1) is 13.5. The third-order valence-corrected chi connectivity index (χ3v) is 4.93. The van der Waals surface area contributed by atoms with Crippen LogP contribution in [0, 0.1) is 6.92 Å². The van der Waals surface area contributed by atoms with Crippen LogP contribution in [0.2, 0.25) is 0 Å². The summed E-state index contributed by atoms with van der Waals surface area (Å²) in [4.78, 5) is 30.7. The van der Waals surface area contributed by atoms with Gasteiger partial charge in [-0.3, -0.25) is 14.7 Å². The highest BCUT2D eigenvalue weighted by Crippen LogP contribution is 2.17. The topological polar surface area (TPSA) is 86.4 Å². The van der Waals surface area contributed by atoms with E-state index in [4.69, 9.17) is 0 Å². The molecule has 148 valence electrons. The normalized spacial score (nSPS) is 17.0. The van der Waals surface area contributed by atoms with Crippen LogP contribution in [0.4, 0.5) is 10.5 Å². The van der Waals surface area contributed by atoms with Gasteiger partial charge in [0.25, 0.3) is 5.91 Å². The van der Waals surface area contributed by atoms with Gasteiger partial charge in [0.1, 0.15) is 0 Å². The van der Waals surface area contributed by atoms with Crippen LogP contribution < -0.4 is 16.0 Å². The maximum Gasteiger partial charge on any atom is 0.319 e. The van der Waals surface area contributed by atoms with Crippen molar-refractivity contribution in [1.82, 2.24) is 20.5 Å². The van der Waals surface area contributed by atoms with Crippen molar-refractivity contribution in [3.05, 3.63) is 59.4 Å². The fourth-order valence-corrected chi connectivity index (χ4v) is 3.50. The van der Waals surface area contributed by atoms with Crippen LogP contribution >= 0.6 is 0 Å². The summed E-state index contributed by atoms with van der Waals surface area (Å²) in [6, 6.07) is 9.14. The highest BCUT2D eigenvalue weighted by atomic mass is 16.2. The number of benzene rings is 1. The van der Waals surface area contributed by atoms with Crippen molar-refractivity contribution in [2.24, 2.45) is 0 Å². The van der Waals surface area contributed by atoms with Crippen molar-refractivity contribution in [1.29, 1.82) is 0 Å². The Bertz CT molecular complexity index is 825. The molecule has 0 saturated carbocycles. The molecule has 0 aliphatic carbocycles. The number of rotatable bonds is 5. The Balaban J connectivity index is 1.53. The van der Waals surface area contributed by atoms with Gasteiger partial charge in [-0.05, 0) is 61.7 Å². The van der Waals surface area contributed by atoms with Gasteiger partial charge in [-0.15, -0.1) is 0 Å². The van der Waals surface area contributed by atoms with Gasteiger partial charge in [0.05, 0.1) is 0 Å². The Kier molecular flexibility index (Phi) is 6.60. The molecule has 1 aliphatic heterocycles. The molecule has 1 atom stereocenters. The third kappa shape index (κ3) is 5.29. The van der Waals surface area contributed by atoms with E-state index in [1.54, 1.807) is 31.4 Å². The molecular weight excluding hydrogens is 354 g/mol. The first-order valence-electron chi connectivity index (χ1n) is 9.56. The molecule has 28 heavy (non-hydrogen) atoms. The number of hydrogen-bond acceptors (Lipinski definition) is 4. The quantitative estimate of drug-likeness (QED) is 0.743. The Morgan fingerprint density at radius 2 is 2.14 bits per heavy atom. The molecule has 3 amide bonds. The molecule has 3 rings (SSSR count). The molecule has 2 heterocycles. The van der Waals surface area contributed by atoms with Crippen LogP contribution in [0.3, 0.4) is 0 Å². The number of aromatic nitrogens is 1. The average molecular weight is 381 g/mol. The predicted molar refractivity (Wildman–Crippen MR) is 109 cm³/mol. The molecule has 0 spiro atoms. The minimum absolute atomic E-state index is 0.107. The standard InChI is InChI=1S/C21H27N5O2/c1-15-11-17(20(27)22-2)7-8-19(15)25-21(28)24-18-6-4-10-26(14-18)13-16-5-3-9-23-12-16/h3,5,7-9,11-12,18H,4,6,10,13-14H2,1-2H3,(H,22,27)(H2,24,25,28)/t18-/m1/s1. The van der Waals surface area contributed by atoms with E-state index in [0.29, 0.717) is 11.3 Å². The zero-order valence-corrected chi connectivity index (χ0v) is 16.4. The fourth-order valence-electron chi connectivity index (χ4n) is 3.50. The van der Waals surface area contributed by atoms with E-state index in [9.17, 15) is 9.59 Å². The van der Waals surface area contributed by atoms with Gasteiger partial charge in [-0.25, -0.2) is 4.79 Å². The number of pyridine rings is 1. The molecule has 1 aromatic heterocycles. The van der Waals surface area contributed by atoms with E-state index >= 15 is 0 Å². The van der Waals surface area contributed by atoms with Crippen molar-refractivity contribution >= 4 is 17.6 Å². The second-order valence-corrected chi connectivity index (χ2v) is 7.14. The molecule has 0 unspecified atom stereocenters. The van der Waals surface area contributed by atoms with Gasteiger partial charge < -0.3 is 16.0 Å². The minimum atomic E-state index is -0.218. The Morgan fingerprint density at radius 3 is 2.86 bits per heavy atom.